The van der Waals surface area contributed by atoms with Gasteiger partial charge in [-0.05, 0) is 25.1 Å². The number of Topliss-reactive ketones (excluding diaryl/α,β-unsaturated/α-hetero) is 1. The largest absolute Gasteiger partial charge is 0.323 e. The molecule has 1 aromatic carbocycles. The molecule has 0 saturated carbocycles. The van der Waals surface area contributed by atoms with Crippen molar-refractivity contribution >= 4 is 44.9 Å². The molecule has 15 heavy (non-hydrogen) atoms. The summed E-state index contributed by atoms with van der Waals surface area (Å²) in [6.45, 7) is 1.40. The van der Waals surface area contributed by atoms with Gasteiger partial charge in [-0.2, -0.15) is 0 Å². The molecule has 0 aromatic heterocycles. The molecule has 0 bridgehead atoms. The van der Waals surface area contributed by atoms with E-state index in [1.807, 2.05) is 0 Å². The van der Waals surface area contributed by atoms with Crippen LogP contribution in [0.3, 0.4) is 0 Å². The summed E-state index contributed by atoms with van der Waals surface area (Å²) in [4.78, 5) is 21.9. The van der Waals surface area contributed by atoms with E-state index in [1.54, 1.807) is 18.2 Å². The van der Waals surface area contributed by atoms with Gasteiger partial charge in [0.25, 0.3) is 5.91 Å². The fraction of sp³-hybridized carbons (Fsp3) is 0.200. The number of alkyl halides is 1. The highest BCUT2D eigenvalue weighted by atomic mass is 79.9. The highest BCUT2D eigenvalue weighted by molar-refractivity contribution is 9.10. The molecule has 1 atom stereocenters. The zero-order valence-electron chi connectivity index (χ0n) is 7.80. The number of carbonyl (C=O) groups excluding carboxylic acids is 2. The number of benzene rings is 1. The fourth-order valence-electron chi connectivity index (χ4n) is 1.41. The summed E-state index contributed by atoms with van der Waals surface area (Å²) >= 11 is 9.13. The predicted octanol–water partition coefficient (Wildman–Crippen LogP) is 2.58. The average Bonchev–Trinajstić information content (AvgIpc) is 2.15. The second-order valence-electron chi connectivity index (χ2n) is 3.48. The van der Waals surface area contributed by atoms with Crippen molar-refractivity contribution in [1.29, 1.82) is 0 Å². The van der Waals surface area contributed by atoms with Crippen molar-refractivity contribution in [3.05, 3.63) is 28.2 Å². The molecule has 5 heteroatoms. The molecule has 1 aliphatic heterocycles. The lowest BCUT2D eigenvalue weighted by atomic mass is 9.92. The van der Waals surface area contributed by atoms with Crippen molar-refractivity contribution in [2.24, 2.45) is 0 Å². The van der Waals surface area contributed by atoms with Crippen LogP contribution < -0.4 is 5.32 Å². The van der Waals surface area contributed by atoms with E-state index >= 15 is 0 Å². The van der Waals surface area contributed by atoms with Crippen molar-refractivity contribution in [2.45, 2.75) is 11.8 Å². The molecule has 78 valence electrons. The third-order valence-corrected chi connectivity index (χ3v) is 3.16. The third kappa shape index (κ3) is 1.58. The van der Waals surface area contributed by atoms with Crippen molar-refractivity contribution in [2.75, 3.05) is 5.32 Å². The highest BCUT2D eigenvalue weighted by Crippen LogP contribution is 2.33. The van der Waals surface area contributed by atoms with Crippen molar-refractivity contribution in [1.82, 2.24) is 0 Å². The van der Waals surface area contributed by atoms with Crippen LogP contribution in [0.25, 0.3) is 0 Å². The van der Waals surface area contributed by atoms with Gasteiger partial charge in [0, 0.05) is 10.0 Å². The number of nitrogens with one attached hydrogen (secondary N) is 1. The molecule has 1 amide bonds. The lowest BCUT2D eigenvalue weighted by molar-refractivity contribution is -0.117. The number of fused-ring (bicyclic) bond motifs is 1. The zero-order valence-corrected chi connectivity index (χ0v) is 10.1. The van der Waals surface area contributed by atoms with Crippen LogP contribution in [0.1, 0.15) is 17.3 Å². The first-order valence-electron chi connectivity index (χ1n) is 4.27. The molecule has 0 radical (unpaired) electrons. The number of rotatable bonds is 0. The fourth-order valence-corrected chi connectivity index (χ4v) is 1.92. The molecule has 0 spiro atoms. The Morgan fingerprint density at radius 3 is 2.73 bits per heavy atom. The van der Waals surface area contributed by atoms with E-state index < -0.39 is 10.8 Å². The second-order valence-corrected chi connectivity index (χ2v) is 5.15. The van der Waals surface area contributed by atoms with Crippen molar-refractivity contribution < 1.29 is 9.59 Å². The number of hydrogen-bond acceptors (Lipinski definition) is 2. The molecule has 0 saturated heterocycles. The second kappa shape index (κ2) is 3.32. The first-order chi connectivity index (χ1) is 6.93. The van der Waals surface area contributed by atoms with E-state index in [1.165, 1.54) is 6.92 Å². The van der Waals surface area contributed by atoms with Crippen molar-refractivity contribution in [3.8, 4) is 0 Å². The van der Waals surface area contributed by atoms with Gasteiger partial charge in [0.15, 0.2) is 10.7 Å². The Hall–Kier alpha value is -0.870. The number of amides is 1. The molecule has 1 unspecified atom stereocenters. The van der Waals surface area contributed by atoms with Gasteiger partial charge in [-0.3, -0.25) is 9.59 Å². The molecule has 1 heterocycles. The molecule has 1 N–H and O–H groups in total. The van der Waals surface area contributed by atoms with Crippen LogP contribution in [0.5, 0.6) is 0 Å². The minimum absolute atomic E-state index is 0.365. The smallest absolute Gasteiger partial charge is 0.253 e. The minimum atomic E-state index is -1.50. The van der Waals surface area contributed by atoms with Crippen molar-refractivity contribution in [3.63, 3.8) is 0 Å². The Labute approximate surface area is 99.9 Å². The molecule has 0 aliphatic carbocycles. The Morgan fingerprint density at radius 1 is 1.40 bits per heavy atom. The maximum absolute atomic E-state index is 11.9. The van der Waals surface area contributed by atoms with Gasteiger partial charge in [-0.15, -0.1) is 0 Å². The summed E-state index contributed by atoms with van der Waals surface area (Å²) in [5.41, 5.74) is 0.938. The summed E-state index contributed by atoms with van der Waals surface area (Å²) in [6.07, 6.45) is 0. The molecule has 1 aliphatic rings. The lowest BCUT2D eigenvalue weighted by Gasteiger charge is -2.26. The van der Waals surface area contributed by atoms with E-state index in [4.69, 9.17) is 11.6 Å². The van der Waals surface area contributed by atoms with Crippen LogP contribution in [-0.4, -0.2) is 16.6 Å². The van der Waals surface area contributed by atoms with E-state index in [0.717, 1.165) is 4.47 Å². The standard InChI is InChI=1S/C10H7BrClNO2/c1-10(12)8(14)6-3-2-5(11)4-7(6)13-9(10)15/h2-4H,1H3,(H,13,15). The molecular weight excluding hydrogens is 281 g/mol. The maximum atomic E-state index is 11.9. The summed E-state index contributed by atoms with van der Waals surface area (Å²) in [5, 5.41) is 2.60. The Kier molecular flexibility index (Phi) is 2.35. The molecule has 2 rings (SSSR count). The van der Waals surface area contributed by atoms with Gasteiger partial charge >= 0.3 is 0 Å². The van der Waals surface area contributed by atoms with E-state index in [2.05, 4.69) is 21.2 Å². The zero-order chi connectivity index (χ0) is 11.2. The van der Waals surface area contributed by atoms with E-state index in [0.29, 0.717) is 11.3 Å². The Morgan fingerprint density at radius 2 is 2.07 bits per heavy atom. The number of carbonyl (C=O) groups is 2. The number of hydrogen-bond donors (Lipinski definition) is 1. The molecule has 0 fully saturated rings. The van der Waals surface area contributed by atoms with Gasteiger partial charge in [0.1, 0.15) is 0 Å². The number of halogens is 2. The topological polar surface area (TPSA) is 46.2 Å². The molecule has 1 aromatic rings. The predicted molar refractivity (Wildman–Crippen MR) is 61.4 cm³/mol. The molecule has 3 nitrogen and oxygen atoms in total. The van der Waals surface area contributed by atoms with Crippen LogP contribution in [0, 0.1) is 0 Å². The van der Waals surface area contributed by atoms with Gasteiger partial charge < -0.3 is 5.32 Å². The number of ketones is 1. The normalized spacial score (nSPS) is 24.7. The first-order valence-corrected chi connectivity index (χ1v) is 5.45. The third-order valence-electron chi connectivity index (χ3n) is 2.33. The first kappa shape index (κ1) is 10.6. The van der Waals surface area contributed by atoms with Crippen LogP contribution in [0.4, 0.5) is 5.69 Å². The average molecular weight is 289 g/mol. The summed E-state index contributed by atoms with van der Waals surface area (Å²) in [6, 6.07) is 5.06. The minimum Gasteiger partial charge on any atom is -0.323 e. The Balaban J connectivity index is 2.61. The van der Waals surface area contributed by atoms with Crippen LogP contribution in [-0.2, 0) is 4.79 Å². The van der Waals surface area contributed by atoms with Gasteiger partial charge in [0.2, 0.25) is 0 Å². The monoisotopic (exact) mass is 287 g/mol. The molecular formula is C10H7BrClNO2. The van der Waals surface area contributed by atoms with Gasteiger partial charge in [-0.1, -0.05) is 27.5 Å². The van der Waals surface area contributed by atoms with E-state index in [-0.39, 0.29) is 5.78 Å². The quantitative estimate of drug-likeness (QED) is 0.589. The van der Waals surface area contributed by atoms with Crippen LogP contribution in [0.15, 0.2) is 22.7 Å². The van der Waals surface area contributed by atoms with E-state index in [9.17, 15) is 9.59 Å². The van der Waals surface area contributed by atoms with Crippen LogP contribution >= 0.6 is 27.5 Å². The van der Waals surface area contributed by atoms with Gasteiger partial charge in [0.05, 0.1) is 5.69 Å². The summed E-state index contributed by atoms with van der Waals surface area (Å²) in [5.74, 6) is -0.852. The van der Waals surface area contributed by atoms with Gasteiger partial charge in [-0.25, -0.2) is 0 Å². The summed E-state index contributed by atoms with van der Waals surface area (Å²) in [7, 11) is 0. The Bertz CT molecular complexity index is 470. The highest BCUT2D eigenvalue weighted by Gasteiger charge is 2.44. The van der Waals surface area contributed by atoms with Crippen LogP contribution in [0.2, 0.25) is 0 Å². The number of anilines is 1. The summed E-state index contributed by atoms with van der Waals surface area (Å²) < 4.78 is 0.799. The maximum Gasteiger partial charge on any atom is 0.253 e. The SMILES string of the molecule is CC1(Cl)C(=O)Nc2cc(Br)ccc2C1=O. The lowest BCUT2D eigenvalue weighted by Crippen LogP contribution is -2.46.